The quantitative estimate of drug-likeness (QED) is 0.702. The zero-order valence-corrected chi connectivity index (χ0v) is 17.1. The second-order valence-corrected chi connectivity index (χ2v) is 7.57. The molecule has 0 bridgehead atoms. The minimum Gasteiger partial charge on any atom is -0.383 e. The van der Waals surface area contributed by atoms with Crippen LogP contribution in [0.1, 0.15) is 29.7 Å². The molecule has 1 aliphatic rings. The number of methoxy groups -OCH3 is 1. The summed E-state index contributed by atoms with van der Waals surface area (Å²) >= 11 is 0. The smallest absolute Gasteiger partial charge is 0.222 e. The molecule has 6 nitrogen and oxygen atoms in total. The number of imidazole rings is 1. The van der Waals surface area contributed by atoms with Crippen LogP contribution < -0.4 is 0 Å². The van der Waals surface area contributed by atoms with Crippen molar-refractivity contribution in [2.24, 2.45) is 0 Å². The molecule has 1 saturated heterocycles. The number of carbonyl (C=O) groups excluding carboxylic acids is 1. The van der Waals surface area contributed by atoms with Gasteiger partial charge in [-0.15, -0.1) is 0 Å². The van der Waals surface area contributed by atoms with Gasteiger partial charge in [-0.2, -0.15) is 0 Å². The molecule has 0 spiro atoms. The number of ether oxygens (including phenoxy) is 1. The van der Waals surface area contributed by atoms with Gasteiger partial charge in [-0.25, -0.2) is 4.98 Å². The van der Waals surface area contributed by atoms with E-state index in [1.165, 1.54) is 16.8 Å². The van der Waals surface area contributed by atoms with Crippen LogP contribution in [-0.2, 0) is 29.0 Å². The number of rotatable bonds is 8. The summed E-state index contributed by atoms with van der Waals surface area (Å²) in [5.74, 6) is 0.271. The molecule has 1 aromatic carbocycles. The predicted octanol–water partition coefficient (Wildman–Crippen LogP) is 2.51. The van der Waals surface area contributed by atoms with Crippen molar-refractivity contribution < 1.29 is 9.53 Å². The highest BCUT2D eigenvalue weighted by molar-refractivity contribution is 5.76. The van der Waals surface area contributed by atoms with E-state index in [-0.39, 0.29) is 5.91 Å². The van der Waals surface area contributed by atoms with E-state index in [0.717, 1.165) is 52.1 Å². The third-order valence-corrected chi connectivity index (χ3v) is 5.41. The van der Waals surface area contributed by atoms with Gasteiger partial charge in [-0.1, -0.05) is 29.8 Å². The van der Waals surface area contributed by atoms with Crippen molar-refractivity contribution in [2.45, 2.75) is 39.3 Å². The van der Waals surface area contributed by atoms with Crippen molar-refractivity contribution >= 4 is 5.91 Å². The highest BCUT2D eigenvalue weighted by Crippen LogP contribution is 2.12. The molecule has 1 aromatic heterocycles. The molecular weight excluding hydrogens is 352 g/mol. The summed E-state index contributed by atoms with van der Waals surface area (Å²) in [7, 11) is 1.72. The molecule has 2 aromatic rings. The Balaban J connectivity index is 1.47. The summed E-state index contributed by atoms with van der Waals surface area (Å²) in [6.07, 6.45) is 6.23. The van der Waals surface area contributed by atoms with Gasteiger partial charge in [0.05, 0.1) is 18.6 Å². The Morgan fingerprint density at radius 2 is 1.96 bits per heavy atom. The van der Waals surface area contributed by atoms with Gasteiger partial charge in [0.2, 0.25) is 5.91 Å². The van der Waals surface area contributed by atoms with Crippen molar-refractivity contribution in [1.29, 1.82) is 0 Å². The SMILES string of the molecule is COCCn1cncc1CN1CCCN(C(=O)CCc2ccc(C)cc2)CC1. The lowest BCUT2D eigenvalue weighted by Gasteiger charge is -2.22. The van der Waals surface area contributed by atoms with Gasteiger partial charge in [0.1, 0.15) is 0 Å². The molecular formula is C22H32N4O2. The van der Waals surface area contributed by atoms with E-state index >= 15 is 0 Å². The second kappa shape index (κ2) is 10.4. The minimum atomic E-state index is 0.271. The molecule has 0 aliphatic carbocycles. The van der Waals surface area contributed by atoms with E-state index in [4.69, 9.17) is 4.74 Å². The Labute approximate surface area is 168 Å². The Hall–Kier alpha value is -2.18. The van der Waals surface area contributed by atoms with Gasteiger partial charge in [0, 0.05) is 59.0 Å². The Bertz CT molecular complexity index is 741. The van der Waals surface area contributed by atoms with Crippen molar-refractivity contribution in [3.05, 3.63) is 53.6 Å². The fourth-order valence-corrected chi connectivity index (χ4v) is 3.64. The van der Waals surface area contributed by atoms with Crippen molar-refractivity contribution in [3.63, 3.8) is 0 Å². The van der Waals surface area contributed by atoms with Crippen molar-refractivity contribution in [2.75, 3.05) is 39.9 Å². The van der Waals surface area contributed by atoms with Crippen molar-refractivity contribution in [3.8, 4) is 0 Å². The number of carbonyl (C=O) groups is 1. The van der Waals surface area contributed by atoms with Gasteiger partial charge in [-0.3, -0.25) is 9.69 Å². The van der Waals surface area contributed by atoms with Crippen LogP contribution in [0.2, 0.25) is 0 Å². The first kappa shape index (κ1) is 20.6. The van der Waals surface area contributed by atoms with E-state index in [2.05, 4.69) is 45.6 Å². The monoisotopic (exact) mass is 384 g/mol. The average Bonchev–Trinajstić information content (AvgIpc) is 3.00. The first-order valence-electron chi connectivity index (χ1n) is 10.2. The molecule has 0 atom stereocenters. The van der Waals surface area contributed by atoms with E-state index in [9.17, 15) is 4.79 Å². The first-order valence-corrected chi connectivity index (χ1v) is 10.2. The zero-order valence-electron chi connectivity index (χ0n) is 17.1. The predicted molar refractivity (Wildman–Crippen MR) is 110 cm³/mol. The third-order valence-electron chi connectivity index (χ3n) is 5.41. The van der Waals surface area contributed by atoms with E-state index < -0.39 is 0 Å². The van der Waals surface area contributed by atoms with E-state index in [1.807, 2.05) is 17.4 Å². The van der Waals surface area contributed by atoms with Gasteiger partial charge < -0.3 is 14.2 Å². The number of hydrogen-bond acceptors (Lipinski definition) is 4. The molecule has 0 radical (unpaired) electrons. The summed E-state index contributed by atoms with van der Waals surface area (Å²) in [6.45, 7) is 8.04. The highest BCUT2D eigenvalue weighted by Gasteiger charge is 2.19. The maximum atomic E-state index is 12.7. The van der Waals surface area contributed by atoms with E-state index in [0.29, 0.717) is 13.0 Å². The van der Waals surface area contributed by atoms with Gasteiger partial charge in [0.15, 0.2) is 0 Å². The first-order chi connectivity index (χ1) is 13.7. The summed E-state index contributed by atoms with van der Waals surface area (Å²) < 4.78 is 7.33. The molecule has 152 valence electrons. The number of amides is 1. The fraction of sp³-hybridized carbons (Fsp3) is 0.545. The maximum Gasteiger partial charge on any atom is 0.222 e. The normalized spacial score (nSPS) is 15.6. The standard InChI is InChI=1S/C22H32N4O2/c1-19-4-6-20(7-5-19)8-9-22(27)25-11-3-10-24(12-13-25)17-21-16-23-18-26(21)14-15-28-2/h4-7,16,18H,3,8-15,17H2,1-2H3. The van der Waals surface area contributed by atoms with Crippen LogP contribution in [-0.4, -0.2) is 65.2 Å². The lowest BCUT2D eigenvalue weighted by atomic mass is 10.1. The van der Waals surface area contributed by atoms with E-state index in [1.54, 1.807) is 7.11 Å². The van der Waals surface area contributed by atoms with Crippen LogP contribution in [0.15, 0.2) is 36.8 Å². The van der Waals surface area contributed by atoms with Crippen molar-refractivity contribution in [1.82, 2.24) is 19.4 Å². The molecule has 2 heterocycles. The second-order valence-electron chi connectivity index (χ2n) is 7.57. The summed E-state index contributed by atoms with van der Waals surface area (Å²) in [6, 6.07) is 8.47. The number of aromatic nitrogens is 2. The van der Waals surface area contributed by atoms with Crippen LogP contribution in [0.5, 0.6) is 0 Å². The van der Waals surface area contributed by atoms with Crippen LogP contribution >= 0.6 is 0 Å². The number of hydrogen-bond donors (Lipinski definition) is 0. The third kappa shape index (κ3) is 5.91. The average molecular weight is 385 g/mol. The summed E-state index contributed by atoms with van der Waals surface area (Å²) in [5.41, 5.74) is 3.70. The zero-order chi connectivity index (χ0) is 19.8. The van der Waals surface area contributed by atoms with Gasteiger partial charge in [0.25, 0.3) is 0 Å². The van der Waals surface area contributed by atoms with Gasteiger partial charge >= 0.3 is 0 Å². The Morgan fingerprint density at radius 3 is 2.75 bits per heavy atom. The van der Waals surface area contributed by atoms with Crippen LogP contribution in [0.4, 0.5) is 0 Å². The topological polar surface area (TPSA) is 50.6 Å². The maximum absolute atomic E-state index is 12.7. The molecule has 0 unspecified atom stereocenters. The largest absolute Gasteiger partial charge is 0.383 e. The number of benzene rings is 1. The minimum absolute atomic E-state index is 0.271. The Kier molecular flexibility index (Phi) is 7.62. The molecule has 1 aliphatic heterocycles. The molecule has 0 N–H and O–H groups in total. The molecule has 28 heavy (non-hydrogen) atoms. The molecule has 3 rings (SSSR count). The highest BCUT2D eigenvalue weighted by atomic mass is 16.5. The van der Waals surface area contributed by atoms with Gasteiger partial charge in [-0.05, 0) is 25.3 Å². The van der Waals surface area contributed by atoms with Crippen LogP contribution in [0.3, 0.4) is 0 Å². The summed E-state index contributed by atoms with van der Waals surface area (Å²) in [5, 5.41) is 0. The molecule has 6 heteroatoms. The molecule has 0 saturated carbocycles. The lowest BCUT2D eigenvalue weighted by molar-refractivity contribution is -0.131. The lowest BCUT2D eigenvalue weighted by Crippen LogP contribution is -2.35. The fourth-order valence-electron chi connectivity index (χ4n) is 3.64. The Morgan fingerprint density at radius 1 is 1.14 bits per heavy atom. The van der Waals surface area contributed by atoms with Crippen LogP contribution in [0, 0.1) is 6.92 Å². The molecule has 1 fully saturated rings. The summed E-state index contributed by atoms with van der Waals surface area (Å²) in [4.78, 5) is 21.4. The number of aryl methyl sites for hydroxylation is 2. The number of nitrogens with zero attached hydrogens (tertiary/aromatic N) is 4. The molecule has 1 amide bonds. The van der Waals surface area contributed by atoms with Crippen LogP contribution in [0.25, 0.3) is 0 Å².